The van der Waals surface area contributed by atoms with Gasteiger partial charge in [0.05, 0.1) is 0 Å². The molecule has 3 aromatic rings. The van der Waals surface area contributed by atoms with Crippen molar-refractivity contribution < 1.29 is 19.1 Å². The van der Waals surface area contributed by atoms with Crippen molar-refractivity contribution in [1.29, 1.82) is 0 Å². The van der Waals surface area contributed by atoms with E-state index < -0.39 is 6.04 Å². The maximum atomic E-state index is 13.1. The fourth-order valence-corrected chi connectivity index (χ4v) is 4.50. The molecule has 5 rings (SSSR count). The molecule has 8 nitrogen and oxygen atoms in total. The minimum Gasteiger partial charge on any atom is -0.454 e. The molecule has 2 amide bonds. The molecule has 158 valence electrons. The van der Waals surface area contributed by atoms with Gasteiger partial charge in [-0.05, 0) is 38.0 Å². The van der Waals surface area contributed by atoms with E-state index in [1.807, 2.05) is 31.2 Å². The summed E-state index contributed by atoms with van der Waals surface area (Å²) in [5.74, 6) is 0.711. The average Bonchev–Trinajstić information content (AvgIpc) is 3.53. The SMILES string of the molecule is Cc1ccc(-c2nnc(NC(=O)C3CCCN3C(=O)c3ccc4c(c3)OCO4)s2)cc1. The second-order valence-electron chi connectivity index (χ2n) is 7.49. The third-order valence-electron chi connectivity index (χ3n) is 5.39. The van der Waals surface area contributed by atoms with Crippen LogP contribution in [-0.2, 0) is 4.79 Å². The van der Waals surface area contributed by atoms with Gasteiger partial charge in [0, 0.05) is 17.7 Å². The lowest BCUT2D eigenvalue weighted by Gasteiger charge is -2.23. The maximum absolute atomic E-state index is 13.1. The molecule has 2 aliphatic heterocycles. The lowest BCUT2D eigenvalue weighted by molar-refractivity contribution is -0.119. The van der Waals surface area contributed by atoms with Crippen molar-refractivity contribution in [2.45, 2.75) is 25.8 Å². The van der Waals surface area contributed by atoms with Crippen LogP contribution in [0.25, 0.3) is 10.6 Å². The fourth-order valence-electron chi connectivity index (χ4n) is 3.75. The number of carbonyl (C=O) groups is 2. The zero-order valence-electron chi connectivity index (χ0n) is 16.8. The number of nitrogens with zero attached hydrogens (tertiary/aromatic N) is 3. The molecule has 1 unspecified atom stereocenters. The number of fused-ring (bicyclic) bond motifs is 1. The first-order chi connectivity index (χ1) is 15.1. The summed E-state index contributed by atoms with van der Waals surface area (Å²) >= 11 is 1.31. The molecule has 0 radical (unpaired) electrons. The van der Waals surface area contributed by atoms with Gasteiger partial charge >= 0.3 is 0 Å². The van der Waals surface area contributed by atoms with E-state index in [2.05, 4.69) is 15.5 Å². The minimum absolute atomic E-state index is 0.147. The van der Waals surface area contributed by atoms with Gasteiger partial charge in [-0.15, -0.1) is 10.2 Å². The van der Waals surface area contributed by atoms with Gasteiger partial charge in [0.25, 0.3) is 5.91 Å². The minimum atomic E-state index is -0.551. The summed E-state index contributed by atoms with van der Waals surface area (Å²) in [7, 11) is 0. The Kier molecular flexibility index (Phi) is 5.03. The third-order valence-corrected chi connectivity index (χ3v) is 6.28. The second-order valence-corrected chi connectivity index (χ2v) is 8.47. The van der Waals surface area contributed by atoms with E-state index in [-0.39, 0.29) is 18.6 Å². The Labute approximate surface area is 182 Å². The number of likely N-dealkylation sites (tertiary alicyclic amines) is 1. The molecule has 1 N–H and O–H groups in total. The van der Waals surface area contributed by atoms with Crippen LogP contribution in [0.5, 0.6) is 11.5 Å². The van der Waals surface area contributed by atoms with Gasteiger partial charge in [-0.1, -0.05) is 41.2 Å². The van der Waals surface area contributed by atoms with Crippen LogP contribution in [-0.4, -0.2) is 46.3 Å². The molecule has 0 aliphatic carbocycles. The topological polar surface area (TPSA) is 93.7 Å². The molecule has 3 heterocycles. The summed E-state index contributed by atoms with van der Waals surface area (Å²) in [5.41, 5.74) is 2.58. The van der Waals surface area contributed by atoms with Gasteiger partial charge < -0.3 is 14.4 Å². The zero-order chi connectivity index (χ0) is 21.4. The van der Waals surface area contributed by atoms with Crippen LogP contribution < -0.4 is 14.8 Å². The van der Waals surface area contributed by atoms with E-state index in [4.69, 9.17) is 9.47 Å². The van der Waals surface area contributed by atoms with Crippen LogP contribution in [0.3, 0.4) is 0 Å². The molecular weight excluding hydrogens is 416 g/mol. The van der Waals surface area contributed by atoms with E-state index in [1.54, 1.807) is 23.1 Å². The first-order valence-corrected chi connectivity index (χ1v) is 10.8. The van der Waals surface area contributed by atoms with Crippen molar-refractivity contribution in [3.05, 3.63) is 53.6 Å². The van der Waals surface area contributed by atoms with Gasteiger partial charge in [-0.3, -0.25) is 14.9 Å². The lowest BCUT2D eigenvalue weighted by Crippen LogP contribution is -2.43. The van der Waals surface area contributed by atoms with Crippen LogP contribution in [0.15, 0.2) is 42.5 Å². The summed E-state index contributed by atoms with van der Waals surface area (Å²) in [6, 6.07) is 12.5. The third kappa shape index (κ3) is 3.84. The van der Waals surface area contributed by atoms with Gasteiger partial charge in [-0.2, -0.15) is 0 Å². The number of carbonyl (C=O) groups excluding carboxylic acids is 2. The number of rotatable bonds is 4. The number of aryl methyl sites for hydroxylation is 1. The van der Waals surface area contributed by atoms with E-state index in [9.17, 15) is 9.59 Å². The van der Waals surface area contributed by atoms with Crippen LogP contribution in [0, 0.1) is 6.92 Å². The van der Waals surface area contributed by atoms with Crippen molar-refractivity contribution in [1.82, 2.24) is 15.1 Å². The highest BCUT2D eigenvalue weighted by Crippen LogP contribution is 2.34. The molecule has 2 aromatic carbocycles. The molecular formula is C22H20N4O4S. The number of anilines is 1. The molecule has 0 saturated carbocycles. The Morgan fingerprint density at radius 3 is 2.74 bits per heavy atom. The summed E-state index contributed by atoms with van der Waals surface area (Å²) in [5, 5.41) is 12.3. The van der Waals surface area contributed by atoms with Crippen molar-refractivity contribution in [3.8, 4) is 22.1 Å². The highest BCUT2D eigenvalue weighted by molar-refractivity contribution is 7.18. The molecule has 2 aliphatic rings. The number of amides is 2. The molecule has 1 atom stereocenters. The lowest BCUT2D eigenvalue weighted by atomic mass is 10.1. The summed E-state index contributed by atoms with van der Waals surface area (Å²) in [4.78, 5) is 27.6. The van der Waals surface area contributed by atoms with Crippen molar-refractivity contribution in [2.24, 2.45) is 0 Å². The smallest absolute Gasteiger partial charge is 0.254 e. The van der Waals surface area contributed by atoms with Crippen LogP contribution in [0.2, 0.25) is 0 Å². The van der Waals surface area contributed by atoms with E-state index in [1.165, 1.54) is 11.3 Å². The Hall–Kier alpha value is -3.46. The number of hydrogen-bond acceptors (Lipinski definition) is 7. The highest BCUT2D eigenvalue weighted by Gasteiger charge is 2.35. The number of hydrogen-bond donors (Lipinski definition) is 1. The average molecular weight is 436 g/mol. The fraction of sp³-hybridized carbons (Fsp3) is 0.273. The predicted octanol–water partition coefficient (Wildman–Crippen LogP) is 3.49. The quantitative estimate of drug-likeness (QED) is 0.673. The largest absolute Gasteiger partial charge is 0.454 e. The molecule has 1 aromatic heterocycles. The molecule has 1 fully saturated rings. The Morgan fingerprint density at radius 1 is 1.10 bits per heavy atom. The van der Waals surface area contributed by atoms with E-state index in [0.29, 0.717) is 35.2 Å². The number of aromatic nitrogens is 2. The number of benzene rings is 2. The molecule has 31 heavy (non-hydrogen) atoms. The highest BCUT2D eigenvalue weighted by atomic mass is 32.1. The first-order valence-electron chi connectivity index (χ1n) is 10.0. The van der Waals surface area contributed by atoms with Gasteiger partial charge in [0.2, 0.25) is 17.8 Å². The van der Waals surface area contributed by atoms with Gasteiger partial charge in [0.1, 0.15) is 11.0 Å². The van der Waals surface area contributed by atoms with Gasteiger partial charge in [-0.25, -0.2) is 0 Å². The standard InChI is InChI=1S/C22H20N4O4S/c1-13-4-6-14(7-5-13)20-24-25-22(31-20)23-19(27)16-3-2-10-26(16)21(28)15-8-9-17-18(11-15)30-12-29-17/h4-9,11,16H,2-3,10,12H2,1H3,(H,23,25,27). The molecule has 0 bridgehead atoms. The Bertz CT molecular complexity index is 1140. The van der Waals surface area contributed by atoms with Crippen LogP contribution in [0.4, 0.5) is 5.13 Å². The van der Waals surface area contributed by atoms with Gasteiger partial charge in [0.15, 0.2) is 11.5 Å². The second kappa shape index (κ2) is 7.99. The van der Waals surface area contributed by atoms with Crippen LogP contribution in [0.1, 0.15) is 28.8 Å². The Morgan fingerprint density at radius 2 is 1.90 bits per heavy atom. The van der Waals surface area contributed by atoms with Crippen molar-refractivity contribution in [2.75, 3.05) is 18.7 Å². The van der Waals surface area contributed by atoms with E-state index in [0.717, 1.165) is 22.6 Å². The molecule has 1 saturated heterocycles. The zero-order valence-corrected chi connectivity index (χ0v) is 17.6. The van der Waals surface area contributed by atoms with Crippen LogP contribution >= 0.6 is 11.3 Å². The summed E-state index contributed by atoms with van der Waals surface area (Å²) < 4.78 is 10.7. The molecule has 0 spiro atoms. The number of nitrogens with one attached hydrogen (secondary N) is 1. The summed E-state index contributed by atoms with van der Waals surface area (Å²) in [6.07, 6.45) is 1.37. The maximum Gasteiger partial charge on any atom is 0.254 e. The monoisotopic (exact) mass is 436 g/mol. The predicted molar refractivity (Wildman–Crippen MR) is 115 cm³/mol. The first kappa shape index (κ1) is 19.5. The van der Waals surface area contributed by atoms with Crippen molar-refractivity contribution >= 4 is 28.3 Å². The van der Waals surface area contributed by atoms with Crippen molar-refractivity contribution in [3.63, 3.8) is 0 Å². The number of ether oxygens (including phenoxy) is 2. The molecule has 9 heteroatoms. The summed E-state index contributed by atoms with van der Waals surface area (Å²) in [6.45, 7) is 2.69. The van der Waals surface area contributed by atoms with E-state index >= 15 is 0 Å². The normalized spacial score (nSPS) is 17.1. The Balaban J connectivity index is 1.29.